The summed E-state index contributed by atoms with van der Waals surface area (Å²) in [7, 11) is 0. The van der Waals surface area contributed by atoms with Crippen LogP contribution < -0.4 is 10.6 Å². The number of carbonyl (C=O) groups excluding carboxylic acids is 2. The highest BCUT2D eigenvalue weighted by molar-refractivity contribution is 5.93. The molecule has 0 saturated carbocycles. The Hall–Kier alpha value is -4.00. The number of carboxylic acid groups (broad SMARTS) is 1. The third-order valence-corrected chi connectivity index (χ3v) is 5.21. The first-order valence-electron chi connectivity index (χ1n) is 10.3. The Kier molecular flexibility index (Phi) is 7.79. The van der Waals surface area contributed by atoms with E-state index in [1.54, 1.807) is 5.32 Å². The molecule has 0 aliphatic heterocycles. The number of amides is 2. The van der Waals surface area contributed by atoms with Crippen molar-refractivity contribution in [3.05, 3.63) is 59.7 Å². The number of fused-ring (bicyclic) bond motifs is 3. The minimum Gasteiger partial charge on any atom is -0.481 e. The van der Waals surface area contributed by atoms with Gasteiger partial charge in [0.15, 0.2) is 0 Å². The number of aliphatic carboxylic acids is 1. The molecule has 3 rings (SSSR count). The zero-order valence-electron chi connectivity index (χ0n) is 17.8. The summed E-state index contributed by atoms with van der Waals surface area (Å²) >= 11 is 0. The first kappa shape index (κ1) is 24.6. The molecule has 7 nitrogen and oxygen atoms in total. The number of carboxylic acids is 1. The van der Waals surface area contributed by atoms with Crippen molar-refractivity contribution in [2.45, 2.75) is 31.0 Å². The van der Waals surface area contributed by atoms with Crippen molar-refractivity contribution in [2.24, 2.45) is 0 Å². The SMILES string of the molecule is O=C(O)CC[C@H](NC(=O)C#CCNC(=O)OCC1c2ccccc2-c2ccccc21)C(F)(F)F. The van der Waals surface area contributed by atoms with Gasteiger partial charge in [-0.1, -0.05) is 54.5 Å². The van der Waals surface area contributed by atoms with Gasteiger partial charge in [-0.15, -0.1) is 0 Å². The molecule has 1 aliphatic rings. The van der Waals surface area contributed by atoms with Crippen LogP contribution in [0.5, 0.6) is 0 Å². The number of hydrogen-bond acceptors (Lipinski definition) is 4. The van der Waals surface area contributed by atoms with Crippen molar-refractivity contribution in [1.82, 2.24) is 10.6 Å². The van der Waals surface area contributed by atoms with Crippen LogP contribution in [-0.2, 0) is 14.3 Å². The Morgan fingerprint density at radius 1 is 1.03 bits per heavy atom. The van der Waals surface area contributed by atoms with Crippen LogP contribution in [0.4, 0.5) is 18.0 Å². The maximum absolute atomic E-state index is 12.9. The van der Waals surface area contributed by atoms with Gasteiger partial charge in [0, 0.05) is 12.3 Å². The van der Waals surface area contributed by atoms with E-state index < -0.39 is 43.0 Å². The monoisotopic (exact) mass is 474 g/mol. The zero-order valence-corrected chi connectivity index (χ0v) is 17.8. The third kappa shape index (κ3) is 6.28. The number of halogens is 3. The standard InChI is InChI=1S/C24H21F3N2O5/c25-24(26,27)20(11-12-22(31)32)29-21(30)10-5-13-28-23(33)34-14-19-17-8-3-1-6-15(17)16-7-2-4-9-18(16)19/h1-4,6-9,19-20H,11-14H2,(H,28,33)(H,29,30)(H,31,32)/t20-/m0/s1. The van der Waals surface area contributed by atoms with E-state index >= 15 is 0 Å². The first-order valence-corrected chi connectivity index (χ1v) is 10.3. The molecule has 0 unspecified atom stereocenters. The third-order valence-electron chi connectivity index (χ3n) is 5.21. The molecule has 0 bridgehead atoms. The van der Waals surface area contributed by atoms with Gasteiger partial charge in [0.2, 0.25) is 0 Å². The molecule has 2 aromatic carbocycles. The fourth-order valence-corrected chi connectivity index (χ4v) is 3.67. The predicted molar refractivity (Wildman–Crippen MR) is 116 cm³/mol. The maximum Gasteiger partial charge on any atom is 0.408 e. The van der Waals surface area contributed by atoms with Gasteiger partial charge >= 0.3 is 18.2 Å². The van der Waals surface area contributed by atoms with Gasteiger partial charge in [0.1, 0.15) is 12.6 Å². The maximum atomic E-state index is 12.9. The van der Waals surface area contributed by atoms with Gasteiger partial charge in [-0.3, -0.25) is 9.59 Å². The van der Waals surface area contributed by atoms with Gasteiger partial charge in [-0.25, -0.2) is 4.79 Å². The summed E-state index contributed by atoms with van der Waals surface area (Å²) in [5.74, 6) is 1.39. The first-order chi connectivity index (χ1) is 16.2. The number of alkyl halides is 3. The molecule has 1 aliphatic carbocycles. The fourth-order valence-electron chi connectivity index (χ4n) is 3.67. The number of hydrogen-bond donors (Lipinski definition) is 3. The van der Waals surface area contributed by atoms with Gasteiger partial charge in [0.05, 0.1) is 6.54 Å². The molecular formula is C24H21F3N2O5. The number of carbonyl (C=O) groups is 3. The lowest BCUT2D eigenvalue weighted by Gasteiger charge is -2.19. The summed E-state index contributed by atoms with van der Waals surface area (Å²) in [6.07, 6.45) is -7.18. The van der Waals surface area contributed by atoms with E-state index in [0.29, 0.717) is 0 Å². The van der Waals surface area contributed by atoms with Crippen LogP contribution in [0.1, 0.15) is 29.9 Å². The second-order valence-electron chi connectivity index (χ2n) is 7.48. The van der Waals surface area contributed by atoms with Crippen molar-refractivity contribution in [3.8, 4) is 23.0 Å². The fraction of sp³-hybridized carbons (Fsp3) is 0.292. The molecule has 10 heteroatoms. The summed E-state index contributed by atoms with van der Waals surface area (Å²) < 4.78 is 44.0. The molecule has 0 radical (unpaired) electrons. The highest BCUT2D eigenvalue weighted by Gasteiger charge is 2.40. The smallest absolute Gasteiger partial charge is 0.408 e. The van der Waals surface area contributed by atoms with E-state index in [0.717, 1.165) is 22.3 Å². The lowest BCUT2D eigenvalue weighted by molar-refractivity contribution is -0.163. The van der Waals surface area contributed by atoms with Crippen molar-refractivity contribution in [2.75, 3.05) is 13.2 Å². The Balaban J connectivity index is 1.48. The van der Waals surface area contributed by atoms with Gasteiger partial charge < -0.3 is 20.5 Å². The van der Waals surface area contributed by atoms with E-state index in [2.05, 4.69) is 11.2 Å². The topological polar surface area (TPSA) is 105 Å². The molecule has 178 valence electrons. The number of benzene rings is 2. The number of alkyl carbamates (subject to hydrolysis) is 1. The zero-order chi connectivity index (χ0) is 24.7. The van der Waals surface area contributed by atoms with Gasteiger partial charge in [0.25, 0.3) is 5.91 Å². The summed E-state index contributed by atoms with van der Waals surface area (Å²) in [4.78, 5) is 34.2. The number of rotatable bonds is 7. The molecule has 0 saturated heterocycles. The number of nitrogens with one attached hydrogen (secondary N) is 2. The molecule has 2 amide bonds. The van der Waals surface area contributed by atoms with Crippen LogP contribution in [0.15, 0.2) is 48.5 Å². The minimum atomic E-state index is -4.81. The molecule has 0 aromatic heterocycles. The molecule has 0 fully saturated rings. The van der Waals surface area contributed by atoms with Crippen LogP contribution in [0.2, 0.25) is 0 Å². The highest BCUT2D eigenvalue weighted by Crippen LogP contribution is 2.44. The molecule has 1 atom stereocenters. The number of ether oxygens (including phenoxy) is 1. The van der Waals surface area contributed by atoms with E-state index in [-0.39, 0.29) is 19.1 Å². The van der Waals surface area contributed by atoms with E-state index in [9.17, 15) is 27.6 Å². The average molecular weight is 474 g/mol. The largest absolute Gasteiger partial charge is 0.481 e. The van der Waals surface area contributed by atoms with Crippen LogP contribution in [0.3, 0.4) is 0 Å². The molecule has 0 spiro atoms. The van der Waals surface area contributed by atoms with Crippen molar-refractivity contribution in [1.29, 1.82) is 0 Å². The lowest BCUT2D eigenvalue weighted by atomic mass is 9.98. The van der Waals surface area contributed by atoms with Crippen LogP contribution in [-0.4, -0.2) is 48.4 Å². The van der Waals surface area contributed by atoms with Crippen molar-refractivity contribution < 1.29 is 37.4 Å². The average Bonchev–Trinajstić information content (AvgIpc) is 3.11. The van der Waals surface area contributed by atoms with Crippen molar-refractivity contribution >= 4 is 18.0 Å². The second kappa shape index (κ2) is 10.7. The molecule has 34 heavy (non-hydrogen) atoms. The normalized spacial score (nSPS) is 13.0. The molecule has 2 aromatic rings. The Labute approximate surface area is 193 Å². The molecule has 3 N–H and O–H groups in total. The Morgan fingerprint density at radius 2 is 1.62 bits per heavy atom. The predicted octanol–water partition coefficient (Wildman–Crippen LogP) is 3.44. The second-order valence-corrected chi connectivity index (χ2v) is 7.48. The summed E-state index contributed by atoms with van der Waals surface area (Å²) in [5.41, 5.74) is 4.22. The molecule has 0 heterocycles. The van der Waals surface area contributed by atoms with E-state index in [4.69, 9.17) is 9.84 Å². The minimum absolute atomic E-state index is 0.0740. The van der Waals surface area contributed by atoms with Gasteiger partial charge in [-0.05, 0) is 34.6 Å². The summed E-state index contributed by atoms with van der Waals surface area (Å²) in [6.45, 7) is -0.249. The summed E-state index contributed by atoms with van der Waals surface area (Å²) in [6, 6.07) is 13.3. The highest BCUT2D eigenvalue weighted by atomic mass is 19.4. The molecular weight excluding hydrogens is 453 g/mol. The summed E-state index contributed by atoms with van der Waals surface area (Å²) in [5, 5.41) is 12.5. The van der Waals surface area contributed by atoms with Crippen LogP contribution in [0.25, 0.3) is 11.1 Å². The lowest BCUT2D eigenvalue weighted by Crippen LogP contribution is -2.45. The quantitative estimate of drug-likeness (QED) is 0.534. The Bertz CT molecular complexity index is 1090. The van der Waals surface area contributed by atoms with Gasteiger partial charge in [-0.2, -0.15) is 13.2 Å². The Morgan fingerprint density at radius 3 is 2.18 bits per heavy atom. The van der Waals surface area contributed by atoms with Crippen LogP contribution in [0, 0.1) is 11.8 Å². The van der Waals surface area contributed by atoms with Crippen molar-refractivity contribution in [3.63, 3.8) is 0 Å². The van der Waals surface area contributed by atoms with E-state index in [1.165, 1.54) is 0 Å². The van der Waals surface area contributed by atoms with Crippen LogP contribution >= 0.6 is 0 Å². The van der Waals surface area contributed by atoms with E-state index in [1.807, 2.05) is 54.5 Å².